The monoisotopic (exact) mass is 607 g/mol. The van der Waals surface area contributed by atoms with Gasteiger partial charge in [-0.1, -0.05) is 52.3 Å². The predicted molar refractivity (Wildman–Crippen MR) is 134 cm³/mol. The Balaban J connectivity index is 1.85. The molecule has 8 heteroatoms. The van der Waals surface area contributed by atoms with Gasteiger partial charge in [0.25, 0.3) is 5.91 Å². The van der Waals surface area contributed by atoms with E-state index in [0.717, 1.165) is 13.6 Å². The van der Waals surface area contributed by atoms with Crippen molar-refractivity contribution in [1.82, 2.24) is 5.32 Å². The van der Waals surface area contributed by atoms with Crippen molar-refractivity contribution >= 4 is 56.5 Å². The third-order valence-electron chi connectivity index (χ3n) is 4.41. The zero-order valence-electron chi connectivity index (χ0n) is 17.0. The molecule has 3 aromatic carbocycles. The molecule has 0 saturated heterocycles. The molecule has 3 aromatic rings. The van der Waals surface area contributed by atoms with Crippen molar-refractivity contribution in [3.8, 4) is 11.5 Å². The minimum absolute atomic E-state index is 0.251. The number of hydrogen-bond donors (Lipinski definition) is 2. The molecule has 2 N–H and O–H groups in total. The number of carboxylic acids is 1. The van der Waals surface area contributed by atoms with Crippen molar-refractivity contribution in [2.75, 3.05) is 7.11 Å². The van der Waals surface area contributed by atoms with Gasteiger partial charge in [-0.3, -0.25) is 4.79 Å². The molecular formula is C24H19BrINO5. The topological polar surface area (TPSA) is 84.9 Å². The predicted octanol–water partition coefficient (Wildman–Crippen LogP) is 5.50. The smallest absolute Gasteiger partial charge is 0.352 e. The van der Waals surface area contributed by atoms with Crippen LogP contribution in [0.3, 0.4) is 0 Å². The number of carboxylic acid groups (broad SMARTS) is 1. The van der Waals surface area contributed by atoms with Gasteiger partial charge in [0.05, 0.1) is 10.7 Å². The van der Waals surface area contributed by atoms with Gasteiger partial charge >= 0.3 is 5.97 Å². The summed E-state index contributed by atoms with van der Waals surface area (Å²) in [6.45, 7) is 0.330. The van der Waals surface area contributed by atoms with E-state index in [1.807, 2.05) is 24.3 Å². The third kappa shape index (κ3) is 6.10. The average molecular weight is 608 g/mol. The molecule has 0 unspecified atom stereocenters. The Morgan fingerprint density at radius 3 is 2.44 bits per heavy atom. The van der Waals surface area contributed by atoms with E-state index in [4.69, 9.17) is 9.47 Å². The molecule has 0 aromatic heterocycles. The van der Waals surface area contributed by atoms with Crippen LogP contribution in [0.5, 0.6) is 11.5 Å². The highest BCUT2D eigenvalue weighted by Gasteiger charge is 2.16. The molecule has 32 heavy (non-hydrogen) atoms. The molecule has 164 valence electrons. The number of ether oxygens (including phenoxy) is 2. The Morgan fingerprint density at radius 2 is 1.78 bits per heavy atom. The maximum atomic E-state index is 12.4. The average Bonchev–Trinajstić information content (AvgIpc) is 2.79. The quantitative estimate of drug-likeness (QED) is 0.261. The number of carbonyl (C=O) groups is 2. The summed E-state index contributed by atoms with van der Waals surface area (Å²) in [6, 6.07) is 19.6. The molecule has 0 fully saturated rings. The molecule has 0 heterocycles. The van der Waals surface area contributed by atoms with Crippen LogP contribution >= 0.6 is 38.5 Å². The highest BCUT2D eigenvalue weighted by atomic mass is 127. The van der Waals surface area contributed by atoms with Crippen LogP contribution in [0.2, 0.25) is 0 Å². The molecule has 1 amide bonds. The molecule has 0 saturated carbocycles. The summed E-state index contributed by atoms with van der Waals surface area (Å²) in [4.78, 5) is 24.1. The van der Waals surface area contributed by atoms with Crippen LogP contribution in [-0.2, 0) is 11.4 Å². The lowest BCUT2D eigenvalue weighted by Crippen LogP contribution is -2.27. The van der Waals surface area contributed by atoms with Crippen molar-refractivity contribution in [3.05, 3.63) is 97.2 Å². The number of amides is 1. The number of benzene rings is 3. The zero-order valence-corrected chi connectivity index (χ0v) is 20.7. The number of carbonyl (C=O) groups excluding carboxylic acids is 1. The number of nitrogens with one attached hydrogen (secondary N) is 1. The van der Waals surface area contributed by atoms with Crippen LogP contribution in [0, 0.1) is 3.57 Å². The fourth-order valence-corrected chi connectivity index (χ4v) is 4.01. The number of rotatable bonds is 8. The lowest BCUT2D eigenvalue weighted by Gasteiger charge is -2.15. The fourth-order valence-electron chi connectivity index (χ4n) is 2.83. The summed E-state index contributed by atoms with van der Waals surface area (Å²) in [7, 11) is 1.51. The Labute approximate surface area is 207 Å². The molecule has 0 aliphatic carbocycles. The van der Waals surface area contributed by atoms with Gasteiger partial charge in [0.15, 0.2) is 11.5 Å². The molecule has 0 aliphatic rings. The Morgan fingerprint density at radius 1 is 1.09 bits per heavy atom. The molecular weight excluding hydrogens is 589 g/mol. The maximum Gasteiger partial charge on any atom is 0.352 e. The minimum atomic E-state index is -1.25. The lowest BCUT2D eigenvalue weighted by molar-refractivity contribution is -0.132. The largest absolute Gasteiger partial charge is 0.493 e. The lowest BCUT2D eigenvalue weighted by atomic mass is 10.1. The van der Waals surface area contributed by atoms with E-state index >= 15 is 0 Å². The van der Waals surface area contributed by atoms with E-state index in [-0.39, 0.29) is 5.70 Å². The summed E-state index contributed by atoms with van der Waals surface area (Å²) in [6.07, 6.45) is 1.38. The fraction of sp³-hybridized carbons (Fsp3) is 0.0833. The van der Waals surface area contributed by atoms with E-state index in [9.17, 15) is 14.7 Å². The summed E-state index contributed by atoms with van der Waals surface area (Å²) in [5, 5.41) is 12.0. The van der Waals surface area contributed by atoms with Crippen molar-refractivity contribution in [1.29, 1.82) is 0 Å². The van der Waals surface area contributed by atoms with Crippen molar-refractivity contribution < 1.29 is 24.2 Å². The van der Waals surface area contributed by atoms with Crippen LogP contribution in [0.4, 0.5) is 0 Å². The molecule has 3 rings (SSSR count). The minimum Gasteiger partial charge on any atom is -0.493 e. The van der Waals surface area contributed by atoms with Gasteiger partial charge in [-0.25, -0.2) is 4.79 Å². The second-order valence-electron chi connectivity index (χ2n) is 6.60. The Kier molecular flexibility index (Phi) is 8.29. The Bertz CT molecular complexity index is 1160. The first kappa shape index (κ1) is 23.8. The molecule has 0 aliphatic heterocycles. The van der Waals surface area contributed by atoms with Gasteiger partial charge in [-0.15, -0.1) is 0 Å². The normalized spacial score (nSPS) is 11.0. The van der Waals surface area contributed by atoms with Gasteiger partial charge in [-0.2, -0.15) is 0 Å². The SMILES string of the molecule is COc1cc(/C=C(/NC(=O)c2ccccc2)C(=O)O)cc(I)c1OCc1ccccc1Br. The number of methoxy groups -OCH3 is 1. The van der Waals surface area contributed by atoms with Crippen LogP contribution in [0.1, 0.15) is 21.5 Å². The second-order valence-corrected chi connectivity index (χ2v) is 8.61. The zero-order chi connectivity index (χ0) is 23.1. The van der Waals surface area contributed by atoms with E-state index in [1.165, 1.54) is 13.2 Å². The first-order valence-electron chi connectivity index (χ1n) is 9.44. The van der Waals surface area contributed by atoms with Crippen molar-refractivity contribution in [2.45, 2.75) is 6.61 Å². The van der Waals surface area contributed by atoms with Gasteiger partial charge in [0.2, 0.25) is 0 Å². The van der Waals surface area contributed by atoms with Crippen LogP contribution in [-0.4, -0.2) is 24.1 Å². The van der Waals surface area contributed by atoms with E-state index in [1.54, 1.807) is 42.5 Å². The molecule has 0 radical (unpaired) electrons. The van der Waals surface area contributed by atoms with Crippen LogP contribution in [0.15, 0.2) is 76.9 Å². The van der Waals surface area contributed by atoms with Crippen LogP contribution in [0.25, 0.3) is 6.08 Å². The number of halogens is 2. The first-order valence-corrected chi connectivity index (χ1v) is 11.3. The molecule has 0 spiro atoms. The first-order chi connectivity index (χ1) is 15.4. The van der Waals surface area contributed by atoms with Gasteiger partial charge in [0.1, 0.15) is 12.3 Å². The highest BCUT2D eigenvalue weighted by Crippen LogP contribution is 2.35. The number of aliphatic carboxylic acids is 1. The van der Waals surface area contributed by atoms with Gasteiger partial charge in [-0.05, 0) is 64.6 Å². The summed E-state index contributed by atoms with van der Waals surface area (Å²) in [5.74, 6) is -0.757. The number of hydrogen-bond acceptors (Lipinski definition) is 4. The summed E-state index contributed by atoms with van der Waals surface area (Å²) >= 11 is 5.61. The van der Waals surface area contributed by atoms with E-state index in [0.29, 0.717) is 29.2 Å². The summed E-state index contributed by atoms with van der Waals surface area (Å²) in [5.41, 5.74) is 1.64. The standard InChI is InChI=1S/C24H19BrINO5/c1-31-21-13-15(11-19(26)22(21)32-14-17-9-5-6-10-18(17)25)12-20(24(29)30)27-23(28)16-7-3-2-4-8-16/h2-13H,14H2,1H3,(H,27,28)(H,29,30)/b20-12+. The third-order valence-corrected chi connectivity index (χ3v) is 5.98. The highest BCUT2D eigenvalue weighted by molar-refractivity contribution is 14.1. The molecule has 0 bridgehead atoms. The summed E-state index contributed by atoms with van der Waals surface area (Å²) < 4.78 is 13.1. The van der Waals surface area contributed by atoms with Gasteiger partial charge in [0, 0.05) is 15.6 Å². The van der Waals surface area contributed by atoms with E-state index < -0.39 is 11.9 Å². The Hall–Kier alpha value is -2.85. The molecule has 6 nitrogen and oxygen atoms in total. The van der Waals surface area contributed by atoms with Crippen molar-refractivity contribution in [2.24, 2.45) is 0 Å². The van der Waals surface area contributed by atoms with E-state index in [2.05, 4.69) is 43.8 Å². The molecule has 0 atom stereocenters. The van der Waals surface area contributed by atoms with Crippen molar-refractivity contribution in [3.63, 3.8) is 0 Å². The maximum absolute atomic E-state index is 12.4. The second kappa shape index (κ2) is 11.1. The van der Waals surface area contributed by atoms with Gasteiger partial charge < -0.3 is 19.9 Å². The van der Waals surface area contributed by atoms with Crippen LogP contribution < -0.4 is 14.8 Å².